The van der Waals surface area contributed by atoms with Crippen molar-refractivity contribution in [1.29, 1.82) is 0 Å². The fourth-order valence-corrected chi connectivity index (χ4v) is 3.61. The Hall–Kier alpha value is -3.79. The van der Waals surface area contributed by atoms with E-state index in [9.17, 15) is 4.79 Å². The SMILES string of the molecule is CC/C(=N/OC(=O)c1cc(-c2ccc(C)c(C)c2)nc2ccccc12)c1ccc(C)cc1. The molecule has 0 bridgehead atoms. The molecule has 0 amide bonds. The number of fused-ring (bicyclic) bond motifs is 1. The first-order valence-electron chi connectivity index (χ1n) is 10.8. The molecule has 0 saturated carbocycles. The molecule has 0 radical (unpaired) electrons. The van der Waals surface area contributed by atoms with Crippen molar-refractivity contribution in [1.82, 2.24) is 4.98 Å². The van der Waals surface area contributed by atoms with Gasteiger partial charge in [-0.15, -0.1) is 0 Å². The molecule has 4 nitrogen and oxygen atoms in total. The van der Waals surface area contributed by atoms with Gasteiger partial charge in [0.25, 0.3) is 0 Å². The monoisotopic (exact) mass is 422 g/mol. The largest absolute Gasteiger partial charge is 0.366 e. The van der Waals surface area contributed by atoms with Gasteiger partial charge < -0.3 is 4.84 Å². The lowest BCUT2D eigenvalue weighted by Gasteiger charge is -2.10. The van der Waals surface area contributed by atoms with E-state index in [2.05, 4.69) is 31.1 Å². The van der Waals surface area contributed by atoms with Crippen molar-refractivity contribution in [2.24, 2.45) is 5.16 Å². The molecule has 1 heterocycles. The highest BCUT2D eigenvalue weighted by Gasteiger charge is 2.16. The van der Waals surface area contributed by atoms with Crippen molar-refractivity contribution < 1.29 is 9.63 Å². The summed E-state index contributed by atoms with van der Waals surface area (Å²) in [5, 5.41) is 4.94. The van der Waals surface area contributed by atoms with Crippen molar-refractivity contribution in [3.8, 4) is 11.3 Å². The number of hydrogen-bond donors (Lipinski definition) is 0. The highest BCUT2D eigenvalue weighted by atomic mass is 16.7. The molecule has 4 rings (SSSR count). The fraction of sp³-hybridized carbons (Fsp3) is 0.179. The maximum absolute atomic E-state index is 13.1. The van der Waals surface area contributed by atoms with E-state index in [0.717, 1.165) is 33.4 Å². The number of oxime groups is 1. The third kappa shape index (κ3) is 4.45. The first kappa shape index (κ1) is 21.4. The first-order valence-corrected chi connectivity index (χ1v) is 10.8. The summed E-state index contributed by atoms with van der Waals surface area (Å²) in [5.41, 5.74) is 8.13. The van der Waals surface area contributed by atoms with Gasteiger partial charge in [0.05, 0.1) is 22.5 Å². The number of nitrogens with zero attached hydrogens (tertiary/aromatic N) is 2. The third-order valence-electron chi connectivity index (χ3n) is 5.70. The second-order valence-electron chi connectivity index (χ2n) is 8.01. The maximum atomic E-state index is 13.1. The molecule has 0 fully saturated rings. The Labute approximate surface area is 188 Å². The quantitative estimate of drug-likeness (QED) is 0.202. The Balaban J connectivity index is 1.73. The molecule has 1 aromatic heterocycles. The molecule has 4 heteroatoms. The van der Waals surface area contributed by atoms with Crippen LogP contribution in [-0.2, 0) is 4.84 Å². The van der Waals surface area contributed by atoms with Crippen LogP contribution in [0, 0.1) is 20.8 Å². The van der Waals surface area contributed by atoms with Gasteiger partial charge >= 0.3 is 5.97 Å². The minimum absolute atomic E-state index is 0.451. The van der Waals surface area contributed by atoms with Crippen molar-refractivity contribution >= 4 is 22.6 Å². The molecule has 3 aromatic carbocycles. The van der Waals surface area contributed by atoms with Crippen LogP contribution in [0.3, 0.4) is 0 Å². The van der Waals surface area contributed by atoms with E-state index in [4.69, 9.17) is 9.82 Å². The number of rotatable bonds is 5. The van der Waals surface area contributed by atoms with Gasteiger partial charge in [-0.3, -0.25) is 0 Å². The van der Waals surface area contributed by atoms with Crippen LogP contribution < -0.4 is 0 Å². The second-order valence-corrected chi connectivity index (χ2v) is 8.01. The maximum Gasteiger partial charge on any atom is 0.366 e. The average Bonchev–Trinajstić information content (AvgIpc) is 2.81. The van der Waals surface area contributed by atoms with Crippen molar-refractivity contribution in [3.63, 3.8) is 0 Å². The van der Waals surface area contributed by atoms with Gasteiger partial charge in [-0.05, 0) is 62.1 Å². The Morgan fingerprint density at radius 3 is 2.38 bits per heavy atom. The van der Waals surface area contributed by atoms with Crippen LogP contribution in [0.5, 0.6) is 0 Å². The Morgan fingerprint density at radius 1 is 0.906 bits per heavy atom. The highest BCUT2D eigenvalue weighted by molar-refractivity contribution is 6.05. The Bertz CT molecular complexity index is 1320. The summed E-state index contributed by atoms with van der Waals surface area (Å²) < 4.78 is 0. The molecular weight excluding hydrogens is 396 g/mol. The van der Waals surface area contributed by atoms with Gasteiger partial charge in [-0.1, -0.05) is 72.2 Å². The van der Waals surface area contributed by atoms with Gasteiger partial charge in [0.15, 0.2) is 0 Å². The summed E-state index contributed by atoms with van der Waals surface area (Å²) in [6, 6.07) is 23.6. The molecule has 0 spiro atoms. The van der Waals surface area contributed by atoms with Gasteiger partial charge in [0.2, 0.25) is 0 Å². The molecular formula is C28H26N2O2. The van der Waals surface area contributed by atoms with Crippen molar-refractivity contribution in [2.75, 3.05) is 0 Å². The lowest BCUT2D eigenvalue weighted by Crippen LogP contribution is -2.07. The fourth-order valence-electron chi connectivity index (χ4n) is 3.61. The van der Waals surface area contributed by atoms with E-state index in [1.54, 1.807) is 6.07 Å². The topological polar surface area (TPSA) is 51.5 Å². The average molecular weight is 423 g/mol. The van der Waals surface area contributed by atoms with E-state index < -0.39 is 5.97 Å². The number of carbonyl (C=O) groups excluding carboxylic acids is 1. The zero-order valence-corrected chi connectivity index (χ0v) is 18.8. The number of carbonyl (C=O) groups is 1. The molecule has 0 atom stereocenters. The summed E-state index contributed by atoms with van der Waals surface area (Å²) in [6.45, 7) is 8.18. The standard InChI is InChI=1S/C28H26N2O2/c1-5-25(21-13-10-18(2)11-14-21)30-32-28(31)24-17-27(22-15-12-19(3)20(4)16-22)29-26-9-7-6-8-23(24)26/h6-17H,5H2,1-4H3/b30-25-. The summed E-state index contributed by atoms with van der Waals surface area (Å²) >= 11 is 0. The molecule has 0 saturated heterocycles. The first-order chi connectivity index (χ1) is 15.5. The zero-order chi connectivity index (χ0) is 22.7. The third-order valence-corrected chi connectivity index (χ3v) is 5.70. The van der Waals surface area contributed by atoms with E-state index in [-0.39, 0.29) is 0 Å². The molecule has 160 valence electrons. The summed E-state index contributed by atoms with van der Waals surface area (Å²) in [4.78, 5) is 23.3. The Kier molecular flexibility index (Phi) is 6.13. The highest BCUT2D eigenvalue weighted by Crippen LogP contribution is 2.27. The predicted octanol–water partition coefficient (Wildman–Crippen LogP) is 6.80. The van der Waals surface area contributed by atoms with Gasteiger partial charge in [0.1, 0.15) is 0 Å². The second kappa shape index (κ2) is 9.15. The van der Waals surface area contributed by atoms with Crippen LogP contribution in [0.25, 0.3) is 22.2 Å². The van der Waals surface area contributed by atoms with Crippen molar-refractivity contribution in [2.45, 2.75) is 34.1 Å². The number of aromatic nitrogens is 1. The van der Waals surface area contributed by atoms with Gasteiger partial charge in [-0.2, -0.15) is 0 Å². The van der Waals surface area contributed by atoms with Crippen LogP contribution >= 0.6 is 0 Å². The zero-order valence-electron chi connectivity index (χ0n) is 18.8. The normalized spacial score (nSPS) is 11.6. The van der Waals surface area contributed by atoms with Crippen LogP contribution in [0.15, 0.2) is 78.0 Å². The molecule has 32 heavy (non-hydrogen) atoms. The summed E-state index contributed by atoms with van der Waals surface area (Å²) in [5.74, 6) is -0.494. The van der Waals surface area contributed by atoms with Crippen LogP contribution in [0.2, 0.25) is 0 Å². The minimum Gasteiger partial charge on any atom is -0.312 e. The number of benzene rings is 3. The van der Waals surface area contributed by atoms with E-state index >= 15 is 0 Å². The summed E-state index contributed by atoms with van der Waals surface area (Å²) in [6.07, 6.45) is 0.654. The molecule has 0 unspecified atom stereocenters. The molecule has 0 aliphatic rings. The smallest absolute Gasteiger partial charge is 0.312 e. The predicted molar refractivity (Wildman–Crippen MR) is 130 cm³/mol. The molecule has 4 aromatic rings. The number of aryl methyl sites for hydroxylation is 3. The number of para-hydroxylation sites is 1. The van der Waals surface area contributed by atoms with E-state index in [1.165, 1.54) is 16.7 Å². The lowest BCUT2D eigenvalue weighted by molar-refractivity contribution is 0.0518. The van der Waals surface area contributed by atoms with Gasteiger partial charge in [-0.25, -0.2) is 9.78 Å². The molecule has 0 N–H and O–H groups in total. The van der Waals surface area contributed by atoms with E-state index in [1.807, 2.05) is 68.4 Å². The van der Waals surface area contributed by atoms with Crippen LogP contribution in [0.1, 0.15) is 46.0 Å². The number of hydrogen-bond acceptors (Lipinski definition) is 4. The van der Waals surface area contributed by atoms with Gasteiger partial charge in [0, 0.05) is 10.9 Å². The molecule has 0 aliphatic carbocycles. The van der Waals surface area contributed by atoms with E-state index in [0.29, 0.717) is 12.0 Å². The summed E-state index contributed by atoms with van der Waals surface area (Å²) in [7, 11) is 0. The molecule has 0 aliphatic heterocycles. The number of pyridine rings is 1. The Morgan fingerprint density at radius 2 is 1.66 bits per heavy atom. The minimum atomic E-state index is -0.494. The van der Waals surface area contributed by atoms with Crippen molar-refractivity contribution in [3.05, 3.63) is 101 Å². The van der Waals surface area contributed by atoms with Crippen LogP contribution in [-0.4, -0.2) is 16.7 Å². The lowest BCUT2D eigenvalue weighted by atomic mass is 10.0. The van der Waals surface area contributed by atoms with Crippen LogP contribution in [0.4, 0.5) is 0 Å².